The molecule has 6 nitrogen and oxygen atoms in total. The lowest BCUT2D eigenvalue weighted by Gasteiger charge is -2.09. The highest BCUT2D eigenvalue weighted by atomic mass is 79.9. The average molecular weight is 359 g/mol. The van der Waals surface area contributed by atoms with Crippen LogP contribution in [-0.4, -0.2) is 25.7 Å². The molecule has 0 aliphatic carbocycles. The Morgan fingerprint density at radius 1 is 1.40 bits per heavy atom. The van der Waals surface area contributed by atoms with Crippen LogP contribution in [0.1, 0.15) is 11.4 Å². The second-order valence-electron chi connectivity index (χ2n) is 4.27. The van der Waals surface area contributed by atoms with Gasteiger partial charge in [-0.05, 0) is 32.2 Å². The van der Waals surface area contributed by atoms with E-state index in [-0.39, 0.29) is 4.90 Å². The number of aromatic amines is 1. The van der Waals surface area contributed by atoms with Gasteiger partial charge in [-0.25, -0.2) is 8.42 Å². The van der Waals surface area contributed by atoms with E-state index in [1.165, 1.54) is 0 Å². The minimum absolute atomic E-state index is 0.187. The fraction of sp³-hybridized carbons (Fsp3) is 0.250. The Balaban J connectivity index is 2.38. The Hall–Kier alpha value is -1.38. The quantitative estimate of drug-likeness (QED) is 0.762. The number of hydrogen-bond acceptors (Lipinski definition) is 4. The fourth-order valence-corrected chi connectivity index (χ4v) is 3.69. The van der Waals surface area contributed by atoms with Crippen molar-refractivity contribution in [3.05, 3.63) is 40.1 Å². The zero-order chi connectivity index (χ0) is 14.8. The Morgan fingerprint density at radius 2 is 2.15 bits per heavy atom. The number of aromatic nitrogens is 2. The Kier molecular flexibility index (Phi) is 4.46. The zero-order valence-electron chi connectivity index (χ0n) is 11.1. The predicted molar refractivity (Wildman–Crippen MR) is 81.0 cm³/mol. The number of H-pyrrole nitrogens is 1. The summed E-state index contributed by atoms with van der Waals surface area (Å²) in [4.78, 5) is 0.187. The summed E-state index contributed by atoms with van der Waals surface area (Å²) in [6, 6.07) is 6.98. The molecule has 0 amide bonds. The summed E-state index contributed by atoms with van der Waals surface area (Å²) in [6.45, 7) is 2.06. The van der Waals surface area contributed by atoms with Crippen molar-refractivity contribution >= 4 is 31.6 Å². The molecule has 0 spiro atoms. The third kappa shape index (κ3) is 3.20. The molecule has 0 aliphatic rings. The molecule has 1 aromatic carbocycles. The van der Waals surface area contributed by atoms with Gasteiger partial charge < -0.3 is 5.32 Å². The molecule has 0 fully saturated rings. The fourth-order valence-electron chi connectivity index (χ4n) is 1.87. The van der Waals surface area contributed by atoms with Gasteiger partial charge in [-0.2, -0.15) is 5.10 Å². The minimum atomic E-state index is -3.67. The van der Waals surface area contributed by atoms with Crippen LogP contribution in [0.2, 0.25) is 0 Å². The molecule has 3 N–H and O–H groups in total. The van der Waals surface area contributed by atoms with Crippen molar-refractivity contribution in [1.29, 1.82) is 0 Å². The van der Waals surface area contributed by atoms with Gasteiger partial charge in [-0.1, -0.05) is 22.0 Å². The molecule has 0 saturated heterocycles. The first-order valence-corrected chi connectivity index (χ1v) is 8.18. The van der Waals surface area contributed by atoms with Crippen LogP contribution < -0.4 is 10.0 Å². The van der Waals surface area contributed by atoms with Crippen molar-refractivity contribution < 1.29 is 8.42 Å². The monoisotopic (exact) mass is 358 g/mol. The molecule has 1 heterocycles. The maximum atomic E-state index is 12.5. The van der Waals surface area contributed by atoms with E-state index in [9.17, 15) is 8.42 Å². The molecule has 8 heteroatoms. The number of rotatable bonds is 5. The normalized spacial score (nSPS) is 11.6. The van der Waals surface area contributed by atoms with Crippen LogP contribution in [0.25, 0.3) is 0 Å². The Labute approximate surface area is 126 Å². The van der Waals surface area contributed by atoms with E-state index < -0.39 is 10.0 Å². The highest BCUT2D eigenvalue weighted by Crippen LogP contribution is 2.23. The van der Waals surface area contributed by atoms with Gasteiger partial charge in [0.05, 0.1) is 11.4 Å². The van der Waals surface area contributed by atoms with E-state index in [2.05, 4.69) is 36.2 Å². The number of anilines is 1. The molecule has 0 atom stereocenters. The second-order valence-corrected chi connectivity index (χ2v) is 6.81. The van der Waals surface area contributed by atoms with Crippen LogP contribution in [-0.2, 0) is 16.6 Å². The van der Waals surface area contributed by atoms with E-state index in [1.54, 1.807) is 32.2 Å². The van der Waals surface area contributed by atoms with E-state index in [0.717, 1.165) is 4.47 Å². The summed E-state index contributed by atoms with van der Waals surface area (Å²) >= 11 is 3.31. The van der Waals surface area contributed by atoms with Crippen LogP contribution in [0, 0.1) is 6.92 Å². The van der Waals surface area contributed by atoms with E-state index in [0.29, 0.717) is 23.6 Å². The van der Waals surface area contributed by atoms with Gasteiger partial charge in [-0.15, -0.1) is 0 Å². The third-order valence-corrected chi connectivity index (χ3v) is 4.73. The van der Waals surface area contributed by atoms with Crippen LogP contribution >= 0.6 is 15.9 Å². The topological polar surface area (TPSA) is 86.9 Å². The maximum Gasteiger partial charge on any atom is 0.265 e. The first-order chi connectivity index (χ1) is 9.44. The average Bonchev–Trinajstić information content (AvgIpc) is 2.71. The molecule has 0 unspecified atom stereocenters. The summed E-state index contributed by atoms with van der Waals surface area (Å²) in [5.74, 6) is 0. The van der Waals surface area contributed by atoms with Crippen molar-refractivity contribution in [2.75, 3.05) is 11.8 Å². The number of benzene rings is 1. The van der Waals surface area contributed by atoms with Gasteiger partial charge in [0.25, 0.3) is 10.0 Å². The molecule has 1 aromatic heterocycles. The molecule has 2 aromatic rings. The number of hydrogen-bond donors (Lipinski definition) is 3. The van der Waals surface area contributed by atoms with Gasteiger partial charge >= 0.3 is 0 Å². The molecular formula is C12H15BrN4O2S. The molecular weight excluding hydrogens is 344 g/mol. The van der Waals surface area contributed by atoms with Crippen molar-refractivity contribution in [3.63, 3.8) is 0 Å². The van der Waals surface area contributed by atoms with Gasteiger partial charge in [-0.3, -0.25) is 9.82 Å². The van der Waals surface area contributed by atoms with Gasteiger partial charge in [0.1, 0.15) is 4.90 Å². The number of halogens is 1. The molecule has 2 rings (SSSR count). The molecule has 0 radical (unpaired) electrons. The smallest absolute Gasteiger partial charge is 0.265 e. The van der Waals surface area contributed by atoms with E-state index >= 15 is 0 Å². The summed E-state index contributed by atoms with van der Waals surface area (Å²) in [7, 11) is -1.94. The maximum absolute atomic E-state index is 12.5. The minimum Gasteiger partial charge on any atom is -0.314 e. The molecule has 0 saturated carbocycles. The predicted octanol–water partition coefficient (Wildman–Crippen LogP) is 2.00. The van der Waals surface area contributed by atoms with Crippen molar-refractivity contribution in [1.82, 2.24) is 15.5 Å². The lowest BCUT2D eigenvalue weighted by atomic mass is 10.3. The summed E-state index contributed by atoms with van der Waals surface area (Å²) in [5.41, 5.74) is 1.47. The lowest BCUT2D eigenvalue weighted by Crippen LogP contribution is -2.17. The summed E-state index contributed by atoms with van der Waals surface area (Å²) in [5, 5.41) is 9.62. The second kappa shape index (κ2) is 5.94. The van der Waals surface area contributed by atoms with Crippen molar-refractivity contribution in [3.8, 4) is 0 Å². The molecule has 108 valence electrons. The lowest BCUT2D eigenvalue weighted by molar-refractivity contribution is 0.598. The SMILES string of the molecule is CNCc1n[nH]c(C)c1S(=O)(=O)Nc1cccc(Br)c1. The largest absolute Gasteiger partial charge is 0.314 e. The molecule has 0 bridgehead atoms. The summed E-state index contributed by atoms with van der Waals surface area (Å²) in [6.07, 6.45) is 0. The van der Waals surface area contributed by atoms with E-state index in [1.807, 2.05) is 6.07 Å². The van der Waals surface area contributed by atoms with Crippen molar-refractivity contribution in [2.45, 2.75) is 18.4 Å². The first-order valence-electron chi connectivity index (χ1n) is 5.91. The standard InChI is InChI=1S/C12H15BrN4O2S/c1-8-12(11(7-14-2)16-15-8)20(18,19)17-10-5-3-4-9(13)6-10/h3-6,14,17H,7H2,1-2H3,(H,15,16). The van der Waals surface area contributed by atoms with Crippen molar-refractivity contribution in [2.24, 2.45) is 0 Å². The van der Waals surface area contributed by atoms with Crippen LogP contribution in [0.15, 0.2) is 33.6 Å². The van der Waals surface area contributed by atoms with E-state index in [4.69, 9.17) is 0 Å². The highest BCUT2D eigenvalue weighted by Gasteiger charge is 2.24. The molecule has 20 heavy (non-hydrogen) atoms. The third-order valence-electron chi connectivity index (χ3n) is 2.65. The summed E-state index contributed by atoms with van der Waals surface area (Å²) < 4.78 is 28.3. The highest BCUT2D eigenvalue weighted by molar-refractivity contribution is 9.10. The number of nitrogens with one attached hydrogen (secondary N) is 3. The van der Waals surface area contributed by atoms with Gasteiger partial charge in [0, 0.05) is 16.7 Å². The number of nitrogens with zero attached hydrogens (tertiary/aromatic N) is 1. The zero-order valence-corrected chi connectivity index (χ0v) is 13.5. The first kappa shape index (κ1) is 15.0. The molecule has 0 aliphatic heterocycles. The van der Waals surface area contributed by atoms with Crippen LogP contribution in [0.5, 0.6) is 0 Å². The number of sulfonamides is 1. The Morgan fingerprint density at radius 3 is 2.80 bits per heavy atom. The van der Waals surface area contributed by atoms with Crippen LogP contribution in [0.3, 0.4) is 0 Å². The Bertz CT molecular complexity index is 712. The van der Waals surface area contributed by atoms with Gasteiger partial charge in [0.2, 0.25) is 0 Å². The number of aryl methyl sites for hydroxylation is 1. The van der Waals surface area contributed by atoms with Gasteiger partial charge in [0.15, 0.2) is 0 Å². The van der Waals surface area contributed by atoms with Crippen LogP contribution in [0.4, 0.5) is 5.69 Å².